The van der Waals surface area contributed by atoms with Crippen molar-refractivity contribution in [1.29, 1.82) is 0 Å². The summed E-state index contributed by atoms with van der Waals surface area (Å²) in [5.74, 6) is 0. The van der Waals surface area contributed by atoms with Crippen LogP contribution in [0.5, 0.6) is 0 Å². The predicted octanol–water partition coefficient (Wildman–Crippen LogP) is -0.304. The van der Waals surface area contributed by atoms with E-state index in [4.69, 9.17) is 0 Å². The van der Waals surface area contributed by atoms with Gasteiger partial charge in [-0.25, -0.2) is 0 Å². The van der Waals surface area contributed by atoms with Gasteiger partial charge in [0.25, 0.3) is 0 Å². The van der Waals surface area contributed by atoms with Crippen molar-refractivity contribution >= 4 is 9.90 Å². The minimum absolute atomic E-state index is 0. The van der Waals surface area contributed by atoms with Crippen molar-refractivity contribution in [3.05, 3.63) is 0 Å². The van der Waals surface area contributed by atoms with Crippen LogP contribution in [0, 0.1) is 0 Å². The van der Waals surface area contributed by atoms with Gasteiger partial charge < -0.3 is 0 Å². The molecule has 0 fully saturated rings. The van der Waals surface area contributed by atoms with Crippen molar-refractivity contribution in [1.82, 2.24) is 0 Å². The molecule has 0 rings (SSSR count). The first-order valence-electron chi connectivity index (χ1n) is 0. The molecule has 733 valence electrons. The Morgan fingerprint density at radius 3 is 0.0137 bits per heavy atom. The molecule has 0 aliphatic carbocycles. The van der Waals surface area contributed by atoms with Gasteiger partial charge in [-0.3, -0.25) is 0 Å². The molecular weight excluding hydrogens is 7420 g/mol. The Kier molecular flexibility index (Phi) is 19300. The summed E-state index contributed by atoms with van der Waals surface area (Å²) in [4.78, 5) is 0. The van der Waals surface area contributed by atoms with Crippen molar-refractivity contribution in [2.24, 2.45) is 0 Å². The Morgan fingerprint density at radius 2 is 0.0137 bits per heavy atom. The maximum atomic E-state index is 0. The van der Waals surface area contributed by atoms with Crippen LogP contribution in [-0.2, 0) is 2690 Å². The average molecular weight is 7420 g/mol. The number of hydrogen-bond donors (Lipinski definition) is 0. The topological polar surface area (TPSA) is 0 Å². The Bertz CT molecular complexity index is 8.63. The van der Waals surface area contributed by atoms with E-state index in [0.717, 1.165) is 0 Å². The first-order chi connectivity index (χ1) is 0. The Balaban J connectivity index is 0. The molecule has 0 aromatic heterocycles. The van der Waals surface area contributed by atoms with Gasteiger partial charge in [-0.05, 0) is 0 Å². The molecule has 0 bridgehead atoms. The summed E-state index contributed by atoms with van der Waals surface area (Å²) in [5.41, 5.74) is 0. The summed E-state index contributed by atoms with van der Waals surface area (Å²) >= 11 is 0. The van der Waals surface area contributed by atoms with Gasteiger partial charge in [-0.2, -0.15) is 9.90 Å². The Hall–Kier alpha value is 85.2. The summed E-state index contributed by atoms with van der Waals surface area (Å²) in [6.07, 6.45) is 0. The second kappa shape index (κ2) is 1670. The average Bonchev–Trinajstić information content (AvgIpc) is 0. The maximum absolute atomic E-state index is 0. The summed E-state index contributed by atoms with van der Waals surface area (Å²) < 4.78 is 0. The minimum Gasteiger partial charge on any atom is -0.153 e. The summed E-state index contributed by atoms with van der Waals surface area (Å²) in [6.45, 7) is 0. The van der Waals surface area contributed by atoms with Crippen LogP contribution in [0.15, 0.2) is 0 Å². The van der Waals surface area contributed by atoms with E-state index in [2.05, 4.69) is 0 Å². The second-order valence-electron chi connectivity index (χ2n) is 0. The van der Waals surface area contributed by atoms with E-state index in [9.17, 15) is 0 Å². The van der Waals surface area contributed by atoms with Gasteiger partial charge in [0, 0.05) is 2690 Å². The molecule has 0 N–H and O–H groups in total. The van der Waals surface area contributed by atoms with E-state index in [0.29, 0.717) is 0 Å². The van der Waals surface area contributed by atoms with Crippen LogP contribution in [0.3, 0.4) is 0 Å². The molecule has 0 aliphatic heterocycles. The van der Waals surface area contributed by atoms with E-state index in [1.165, 1.54) is 0 Å². The van der Waals surface area contributed by atoms with E-state index in [-0.39, 0.29) is 2700 Å². The molecule has 0 saturated carbocycles. The minimum atomic E-state index is 0. The molecule has 1 unspecified atom stereocenters. The van der Waals surface area contributed by atoms with Crippen LogP contribution in [-0.4, -0.2) is 0 Å². The zero-order valence-electron chi connectivity index (χ0n) is 65.6. The summed E-state index contributed by atoms with van der Waals surface area (Å²) in [5, 5.41) is 0. The molecule has 0 spiro atoms. The number of hydrogen-bond acceptors (Lipinski definition) is 0. The number of rotatable bonds is 0. The molecule has 0 aromatic rings. The van der Waals surface area contributed by atoms with Gasteiger partial charge in [0.05, 0.1) is 0 Å². The molecule has 0 nitrogen and oxygen atoms in total. The van der Waals surface area contributed by atoms with Crippen LogP contribution in [0.1, 0.15) is 0 Å². The normalized spacial score (nSPS) is 0. The van der Waals surface area contributed by atoms with Crippen molar-refractivity contribution < 1.29 is 2690 Å². The molecule has 0 aliphatic rings. The third-order valence-corrected chi connectivity index (χ3v) is 0. The van der Waals surface area contributed by atoms with Crippen molar-refractivity contribution in [2.45, 2.75) is 0 Å². The predicted molar refractivity (Wildman–Crippen MR) is 11.1 cm³/mol. The van der Waals surface area contributed by atoms with Gasteiger partial charge in [-0.1, -0.05) is 0 Å². The summed E-state index contributed by atoms with van der Waals surface area (Å²) in [6, 6.07) is 0. The van der Waals surface area contributed by atoms with E-state index >= 15 is 0 Å². The molecule has 1 atom stereocenters. The summed E-state index contributed by atoms with van der Waals surface area (Å²) in [7, 11) is 0. The fourth-order valence-corrected chi connectivity index (χ4v) is 0. The Labute approximate surface area is 2620 Å². The Morgan fingerprint density at radius 1 is 0.0137 bits per heavy atom. The van der Waals surface area contributed by atoms with E-state index in [1.54, 1.807) is 0 Å². The third-order valence-electron chi connectivity index (χ3n) is 0. The van der Waals surface area contributed by atoms with Gasteiger partial charge in [0.1, 0.15) is 0 Å². The van der Waals surface area contributed by atoms with Crippen LogP contribution >= 0.6 is 9.90 Å². The van der Waals surface area contributed by atoms with Gasteiger partial charge in [-0.15, -0.1) is 0 Å². The van der Waals surface area contributed by atoms with Crippen LogP contribution in [0.4, 0.5) is 0 Å². The van der Waals surface area contributed by atoms with Crippen LogP contribution in [0.2, 0.25) is 0 Å². The van der Waals surface area contributed by atoms with Crippen molar-refractivity contribution in [3.63, 3.8) is 0 Å². The van der Waals surface area contributed by atoms with E-state index in [1.807, 2.05) is 0 Å². The smallest absolute Gasteiger partial charge is 0 e. The quantitative estimate of drug-likeness (QED) is 0.293. The first-order valence-corrected chi connectivity index (χ1v) is 0. The first kappa shape index (κ1) is 1690. The monoisotopic (exact) mass is 7420 g/mol. The standard InChI is InChI=1S/H3P.145V/h1H3;;;;;;;;;;;;;;;;;;;;;;;;;;;;;;;;;;;;;;;;;;;;;;;;;;;;;;;;;;;;;;;;;;;;;;;;;;;;;;;;;;;;;;;;;;;;;;;;;;;;;;;;;;;;;;;;;;;;;;;;;;;;;;;;;;;;;;;;;;;;;;;;;. The van der Waals surface area contributed by atoms with Gasteiger partial charge in [0.2, 0.25) is 0 Å². The zero-order chi connectivity index (χ0) is 0. The molecule has 0 amide bonds. The largest absolute Gasteiger partial charge is 0.153 e. The van der Waals surface area contributed by atoms with Crippen LogP contribution in [0.25, 0.3) is 0 Å². The van der Waals surface area contributed by atoms with Gasteiger partial charge in [0.15, 0.2) is 0 Å². The molecule has 146 heteroatoms. The fraction of sp³-hybridized carbons (Fsp3) is 0. The van der Waals surface area contributed by atoms with Gasteiger partial charge >= 0.3 is 0 Å². The molecule has 146 heavy (non-hydrogen) atoms. The molecule has 145 radical (unpaired) electrons. The zero-order valence-corrected chi connectivity index (χ0v) is 269. The third kappa shape index (κ3) is 1640. The van der Waals surface area contributed by atoms with Crippen molar-refractivity contribution in [2.75, 3.05) is 0 Å². The van der Waals surface area contributed by atoms with E-state index < -0.39 is 0 Å². The molecule has 0 heterocycles. The van der Waals surface area contributed by atoms with Crippen molar-refractivity contribution in [3.8, 4) is 0 Å². The fourth-order valence-electron chi connectivity index (χ4n) is 0. The maximum Gasteiger partial charge on any atom is 0 e. The van der Waals surface area contributed by atoms with Crippen LogP contribution < -0.4 is 0 Å². The SMILES string of the molecule is P.[V].[V].[V].[V].[V].[V].[V].[V].[V].[V].[V].[V].[V].[V].[V].[V].[V].[V].[V].[V].[V].[V].[V].[V].[V].[V].[V].[V].[V].[V].[V].[V].[V].[V].[V].[V].[V].[V].[V].[V].[V].[V].[V].[V].[V].[V].[V].[V].[V].[V].[V].[V].[V].[V].[V].[V].[V].[V].[V].[V].[V].[V].[V].[V].[V].[V].[V].[V].[V].[V].[V].[V].[V].[V].[V].[V].[V].[V].[V].[V].[V].[V].[V].[V].[V].[V].[V].[V].[V].[V].[V].[V].[V].[V].[V].[V].[V].[V].[V].[V].[V].[V].[V].[V].[V].[V].[V].[V].[V].[V].[V].[V].[V].[V].[V].[V].[V].[V].[V].[V].[V].[V].[V].[V].[V].[V].[V].[V].[V].[V].[V].[V].[V].[V].[V].[V].[V].[V].[V].[V].[V].[V].[V].[V].[V]. The molecular formula is H3PV145. The second-order valence-corrected chi connectivity index (χ2v) is 0. The molecule has 0 saturated heterocycles. The molecule has 0 aromatic carbocycles.